The highest BCUT2D eigenvalue weighted by Gasteiger charge is 2.20. The zero-order valence-corrected chi connectivity index (χ0v) is 11.9. The quantitative estimate of drug-likeness (QED) is 0.729. The Morgan fingerprint density at radius 1 is 1.29 bits per heavy atom. The molecule has 0 aliphatic carbocycles. The first-order chi connectivity index (χ1) is 10.1. The molecule has 0 unspecified atom stereocenters. The van der Waals surface area contributed by atoms with E-state index in [1.807, 2.05) is 0 Å². The summed E-state index contributed by atoms with van der Waals surface area (Å²) in [5, 5.41) is 6.09. The highest BCUT2D eigenvalue weighted by Crippen LogP contribution is 2.17. The Morgan fingerprint density at radius 3 is 2.67 bits per heavy atom. The molecule has 1 fully saturated rings. The maximum Gasteiger partial charge on any atom is 0.241 e. The predicted molar refractivity (Wildman–Crippen MR) is 80.0 cm³/mol. The first-order valence-electron chi connectivity index (χ1n) is 7.20. The summed E-state index contributed by atoms with van der Waals surface area (Å²) in [6.45, 7) is 1.15. The van der Waals surface area contributed by atoms with Crippen LogP contribution in [0.15, 0.2) is 24.3 Å². The molecule has 1 saturated heterocycles. The van der Waals surface area contributed by atoms with Crippen molar-refractivity contribution in [3.63, 3.8) is 0 Å². The van der Waals surface area contributed by atoms with Crippen molar-refractivity contribution in [1.29, 1.82) is 0 Å². The summed E-state index contributed by atoms with van der Waals surface area (Å²) in [5.74, 6) is 0.251. The molecule has 4 N–H and O–H groups in total. The van der Waals surface area contributed by atoms with Gasteiger partial charge in [-0.15, -0.1) is 0 Å². The maximum absolute atomic E-state index is 12.0. The van der Waals surface area contributed by atoms with Gasteiger partial charge < -0.3 is 21.1 Å². The lowest BCUT2D eigenvalue weighted by atomic mass is 10.0. The molecule has 21 heavy (non-hydrogen) atoms. The van der Waals surface area contributed by atoms with Crippen LogP contribution in [-0.4, -0.2) is 31.0 Å². The second-order valence-electron chi connectivity index (χ2n) is 5.08. The average molecular weight is 291 g/mol. The second-order valence-corrected chi connectivity index (χ2v) is 5.08. The Labute approximate surface area is 124 Å². The Morgan fingerprint density at radius 2 is 2.05 bits per heavy atom. The Kier molecular flexibility index (Phi) is 5.57. The van der Waals surface area contributed by atoms with Crippen LogP contribution in [0.1, 0.15) is 25.7 Å². The normalized spacial score (nSPS) is 18.0. The lowest BCUT2D eigenvalue weighted by Gasteiger charge is -2.22. The van der Waals surface area contributed by atoms with E-state index in [4.69, 9.17) is 10.5 Å². The van der Waals surface area contributed by atoms with Gasteiger partial charge in [0.15, 0.2) is 0 Å². The number of amides is 2. The molecule has 1 aliphatic heterocycles. The van der Waals surface area contributed by atoms with E-state index in [9.17, 15) is 9.59 Å². The highest BCUT2D eigenvalue weighted by atomic mass is 16.5. The van der Waals surface area contributed by atoms with Gasteiger partial charge in [-0.3, -0.25) is 9.59 Å². The van der Waals surface area contributed by atoms with Gasteiger partial charge in [0, 0.05) is 5.69 Å². The van der Waals surface area contributed by atoms with E-state index >= 15 is 0 Å². The summed E-state index contributed by atoms with van der Waals surface area (Å²) < 4.78 is 5.37. The SMILES string of the molecule is NC(=O)CCOc1ccc(NC(=O)[C@H]2CCCCN2)cc1. The molecular formula is C15H21N3O3. The molecule has 1 heterocycles. The van der Waals surface area contributed by atoms with Crippen LogP contribution in [0.4, 0.5) is 5.69 Å². The average Bonchev–Trinajstić information content (AvgIpc) is 2.49. The van der Waals surface area contributed by atoms with Gasteiger partial charge in [0.05, 0.1) is 19.1 Å². The molecule has 0 aromatic heterocycles. The number of benzene rings is 1. The minimum absolute atomic E-state index is 0.00269. The van der Waals surface area contributed by atoms with Gasteiger partial charge in [0.1, 0.15) is 5.75 Å². The number of hydrogen-bond donors (Lipinski definition) is 3. The van der Waals surface area contributed by atoms with Crippen LogP contribution >= 0.6 is 0 Å². The van der Waals surface area contributed by atoms with Crippen LogP contribution in [0.25, 0.3) is 0 Å². The molecule has 1 aliphatic rings. The topological polar surface area (TPSA) is 93.5 Å². The summed E-state index contributed by atoms with van der Waals surface area (Å²) in [4.78, 5) is 22.6. The monoisotopic (exact) mass is 291 g/mol. The fourth-order valence-corrected chi connectivity index (χ4v) is 2.21. The number of nitrogens with two attached hydrogens (primary N) is 1. The van der Waals surface area contributed by atoms with Gasteiger partial charge in [-0.05, 0) is 43.7 Å². The van der Waals surface area contributed by atoms with Gasteiger partial charge in [-0.1, -0.05) is 6.42 Å². The number of carbonyl (C=O) groups is 2. The van der Waals surface area contributed by atoms with Crippen molar-refractivity contribution in [2.75, 3.05) is 18.5 Å². The minimum Gasteiger partial charge on any atom is -0.493 e. The van der Waals surface area contributed by atoms with E-state index in [1.54, 1.807) is 24.3 Å². The number of ether oxygens (including phenoxy) is 1. The summed E-state index contributed by atoms with van der Waals surface area (Å²) in [6, 6.07) is 6.96. The first kappa shape index (κ1) is 15.3. The molecule has 0 bridgehead atoms. The largest absolute Gasteiger partial charge is 0.493 e. The highest BCUT2D eigenvalue weighted by molar-refractivity contribution is 5.94. The van der Waals surface area contributed by atoms with Crippen LogP contribution in [0.3, 0.4) is 0 Å². The molecule has 0 spiro atoms. The molecule has 0 radical (unpaired) electrons. The molecule has 2 amide bonds. The summed E-state index contributed by atoms with van der Waals surface area (Å²) in [5.41, 5.74) is 5.77. The Hall–Kier alpha value is -2.08. The van der Waals surface area contributed by atoms with E-state index in [-0.39, 0.29) is 30.9 Å². The van der Waals surface area contributed by atoms with Crippen LogP contribution in [-0.2, 0) is 9.59 Å². The standard InChI is InChI=1S/C15H21N3O3/c16-14(19)8-10-21-12-6-4-11(5-7-12)18-15(20)13-3-1-2-9-17-13/h4-7,13,17H,1-3,8-10H2,(H2,16,19)(H,18,20)/t13-/m1/s1. The van der Waals surface area contributed by atoms with Crippen LogP contribution in [0.5, 0.6) is 5.75 Å². The third-order valence-electron chi connectivity index (χ3n) is 3.37. The zero-order chi connectivity index (χ0) is 15.1. The fraction of sp³-hybridized carbons (Fsp3) is 0.467. The van der Waals surface area contributed by atoms with Crippen molar-refractivity contribution < 1.29 is 14.3 Å². The molecule has 114 valence electrons. The third-order valence-corrected chi connectivity index (χ3v) is 3.37. The number of rotatable bonds is 6. The van der Waals surface area contributed by atoms with Crippen LogP contribution in [0, 0.1) is 0 Å². The van der Waals surface area contributed by atoms with Gasteiger partial charge in [-0.2, -0.15) is 0 Å². The molecule has 2 rings (SSSR count). The van der Waals surface area contributed by atoms with E-state index in [0.29, 0.717) is 5.75 Å². The molecule has 1 atom stereocenters. The smallest absolute Gasteiger partial charge is 0.241 e. The predicted octanol–water partition coefficient (Wildman–Crippen LogP) is 1.02. The van der Waals surface area contributed by atoms with Crippen molar-refractivity contribution in [1.82, 2.24) is 5.32 Å². The number of anilines is 1. The van der Waals surface area contributed by atoms with Crippen molar-refractivity contribution in [3.05, 3.63) is 24.3 Å². The second kappa shape index (κ2) is 7.64. The van der Waals surface area contributed by atoms with Gasteiger partial charge in [0.25, 0.3) is 0 Å². The van der Waals surface area contributed by atoms with Crippen molar-refractivity contribution in [2.45, 2.75) is 31.7 Å². The molecule has 6 nitrogen and oxygen atoms in total. The number of nitrogens with one attached hydrogen (secondary N) is 2. The molecule has 1 aromatic rings. The summed E-state index contributed by atoms with van der Waals surface area (Å²) >= 11 is 0. The fourth-order valence-electron chi connectivity index (χ4n) is 2.21. The number of carbonyl (C=O) groups excluding carboxylic acids is 2. The number of hydrogen-bond acceptors (Lipinski definition) is 4. The zero-order valence-electron chi connectivity index (χ0n) is 11.9. The van der Waals surface area contributed by atoms with Gasteiger partial charge >= 0.3 is 0 Å². The summed E-state index contributed by atoms with van der Waals surface area (Å²) in [6.07, 6.45) is 3.27. The van der Waals surface area contributed by atoms with Gasteiger partial charge in [-0.25, -0.2) is 0 Å². The lowest BCUT2D eigenvalue weighted by Crippen LogP contribution is -2.43. The number of piperidine rings is 1. The van der Waals surface area contributed by atoms with E-state index < -0.39 is 0 Å². The van der Waals surface area contributed by atoms with Crippen molar-refractivity contribution >= 4 is 17.5 Å². The van der Waals surface area contributed by atoms with Gasteiger partial charge in [0.2, 0.25) is 11.8 Å². The first-order valence-corrected chi connectivity index (χ1v) is 7.20. The lowest BCUT2D eigenvalue weighted by molar-refractivity contribution is -0.119. The molecule has 1 aromatic carbocycles. The summed E-state index contributed by atoms with van der Waals surface area (Å²) in [7, 11) is 0. The Bertz CT molecular complexity index is 481. The number of primary amides is 1. The van der Waals surface area contributed by atoms with E-state index in [2.05, 4.69) is 10.6 Å². The third kappa shape index (κ3) is 5.07. The molecule has 6 heteroatoms. The van der Waals surface area contributed by atoms with Crippen molar-refractivity contribution in [2.24, 2.45) is 5.73 Å². The van der Waals surface area contributed by atoms with E-state index in [0.717, 1.165) is 31.5 Å². The van der Waals surface area contributed by atoms with Crippen molar-refractivity contribution in [3.8, 4) is 5.75 Å². The van der Waals surface area contributed by atoms with E-state index in [1.165, 1.54) is 0 Å². The van der Waals surface area contributed by atoms with Crippen LogP contribution in [0.2, 0.25) is 0 Å². The molecule has 0 saturated carbocycles. The molecular weight excluding hydrogens is 270 g/mol. The van der Waals surface area contributed by atoms with Crippen LogP contribution < -0.4 is 21.1 Å². The maximum atomic E-state index is 12.0. The Balaban J connectivity index is 1.81. The minimum atomic E-state index is -0.390.